The summed E-state index contributed by atoms with van der Waals surface area (Å²) < 4.78 is 0. The van der Waals surface area contributed by atoms with E-state index in [1.54, 1.807) is 6.20 Å². The van der Waals surface area contributed by atoms with Gasteiger partial charge in [0.2, 0.25) is 0 Å². The predicted molar refractivity (Wildman–Crippen MR) is 49.8 cm³/mol. The summed E-state index contributed by atoms with van der Waals surface area (Å²) in [5.74, 6) is 0.786. The summed E-state index contributed by atoms with van der Waals surface area (Å²) >= 11 is 0. The Balaban J connectivity index is 2.37. The van der Waals surface area contributed by atoms with Gasteiger partial charge in [-0.2, -0.15) is 0 Å². The van der Waals surface area contributed by atoms with E-state index >= 15 is 0 Å². The van der Waals surface area contributed by atoms with E-state index in [4.69, 9.17) is 5.73 Å². The number of nitrogens with zero attached hydrogens (tertiary/aromatic N) is 1. The molecule has 1 atom stereocenters. The molecule has 0 fully saturated rings. The molecule has 1 aliphatic carbocycles. The van der Waals surface area contributed by atoms with Crippen molar-refractivity contribution in [2.24, 2.45) is 5.92 Å². The maximum Gasteiger partial charge on any atom is 0.0503 e. The molecule has 0 amide bonds. The Morgan fingerprint density at radius 3 is 3.25 bits per heavy atom. The van der Waals surface area contributed by atoms with Crippen molar-refractivity contribution < 1.29 is 0 Å². The number of anilines is 1. The number of hydrogen-bond acceptors (Lipinski definition) is 2. The van der Waals surface area contributed by atoms with Crippen molar-refractivity contribution in [2.45, 2.75) is 26.2 Å². The molecule has 0 aromatic carbocycles. The highest BCUT2D eigenvalue weighted by molar-refractivity contribution is 5.40. The van der Waals surface area contributed by atoms with Gasteiger partial charge in [0.05, 0.1) is 11.9 Å². The van der Waals surface area contributed by atoms with Gasteiger partial charge in [-0.3, -0.25) is 4.98 Å². The maximum absolute atomic E-state index is 5.65. The van der Waals surface area contributed by atoms with Crippen LogP contribution < -0.4 is 5.73 Å². The van der Waals surface area contributed by atoms with Gasteiger partial charge in [-0.25, -0.2) is 0 Å². The van der Waals surface area contributed by atoms with E-state index in [0.717, 1.165) is 24.4 Å². The van der Waals surface area contributed by atoms with Crippen molar-refractivity contribution in [3.05, 3.63) is 23.5 Å². The van der Waals surface area contributed by atoms with E-state index in [0.29, 0.717) is 0 Å². The van der Waals surface area contributed by atoms with E-state index in [1.807, 2.05) is 0 Å². The first-order chi connectivity index (χ1) is 5.75. The lowest BCUT2D eigenvalue weighted by atomic mass is 9.88. The Morgan fingerprint density at radius 2 is 2.42 bits per heavy atom. The molecule has 0 bridgehead atoms. The second-order valence-corrected chi connectivity index (χ2v) is 3.72. The van der Waals surface area contributed by atoms with E-state index in [2.05, 4.69) is 18.0 Å². The lowest BCUT2D eigenvalue weighted by Crippen LogP contribution is -2.13. The van der Waals surface area contributed by atoms with Crippen molar-refractivity contribution in [3.8, 4) is 0 Å². The number of hydrogen-bond donors (Lipinski definition) is 1. The number of aryl methyl sites for hydroxylation is 1. The van der Waals surface area contributed by atoms with E-state index in [-0.39, 0.29) is 0 Å². The van der Waals surface area contributed by atoms with Gasteiger partial charge in [-0.15, -0.1) is 0 Å². The number of rotatable bonds is 0. The first-order valence-corrected chi connectivity index (χ1v) is 4.49. The Labute approximate surface area is 72.8 Å². The largest absolute Gasteiger partial charge is 0.397 e. The van der Waals surface area contributed by atoms with E-state index in [1.165, 1.54) is 17.7 Å². The van der Waals surface area contributed by atoms with Gasteiger partial charge in [0.25, 0.3) is 0 Å². The fourth-order valence-electron chi connectivity index (χ4n) is 1.79. The summed E-state index contributed by atoms with van der Waals surface area (Å²) in [6.07, 6.45) is 5.30. The third-order valence-electron chi connectivity index (χ3n) is 2.53. The lowest BCUT2D eigenvalue weighted by molar-refractivity contribution is 0.492. The van der Waals surface area contributed by atoms with Crippen LogP contribution in [0.2, 0.25) is 0 Å². The van der Waals surface area contributed by atoms with Gasteiger partial charge in [0.15, 0.2) is 0 Å². The first-order valence-electron chi connectivity index (χ1n) is 4.49. The minimum absolute atomic E-state index is 0.786. The number of pyridine rings is 1. The van der Waals surface area contributed by atoms with Crippen LogP contribution >= 0.6 is 0 Å². The quantitative estimate of drug-likeness (QED) is 0.631. The van der Waals surface area contributed by atoms with Gasteiger partial charge in [0.1, 0.15) is 0 Å². The normalized spacial score (nSPS) is 21.9. The van der Waals surface area contributed by atoms with Gasteiger partial charge in [0, 0.05) is 5.69 Å². The molecule has 2 rings (SSSR count). The zero-order valence-electron chi connectivity index (χ0n) is 7.38. The van der Waals surface area contributed by atoms with Crippen molar-refractivity contribution in [1.82, 2.24) is 4.98 Å². The molecule has 1 aliphatic rings. The summed E-state index contributed by atoms with van der Waals surface area (Å²) in [6.45, 7) is 2.28. The molecule has 0 saturated carbocycles. The highest BCUT2D eigenvalue weighted by Gasteiger charge is 2.15. The Bertz CT molecular complexity index is 294. The molecule has 64 valence electrons. The average Bonchev–Trinajstić information content (AvgIpc) is 2.05. The molecule has 2 heteroatoms. The molecule has 0 radical (unpaired) electrons. The summed E-state index contributed by atoms with van der Waals surface area (Å²) in [5, 5.41) is 0. The predicted octanol–water partition coefficient (Wildman–Crippen LogP) is 1.79. The molecule has 2 N–H and O–H groups in total. The Morgan fingerprint density at radius 1 is 1.58 bits per heavy atom. The van der Waals surface area contributed by atoms with Crippen LogP contribution in [0.5, 0.6) is 0 Å². The van der Waals surface area contributed by atoms with Gasteiger partial charge in [-0.1, -0.05) is 6.92 Å². The minimum Gasteiger partial charge on any atom is -0.397 e. The molecule has 0 aliphatic heterocycles. The second-order valence-electron chi connectivity index (χ2n) is 3.72. The van der Waals surface area contributed by atoms with Gasteiger partial charge in [-0.05, 0) is 36.8 Å². The van der Waals surface area contributed by atoms with E-state index in [9.17, 15) is 0 Å². The van der Waals surface area contributed by atoms with Gasteiger partial charge < -0.3 is 5.73 Å². The van der Waals surface area contributed by atoms with Crippen LogP contribution in [0.4, 0.5) is 5.69 Å². The number of aromatic nitrogens is 1. The summed E-state index contributed by atoms with van der Waals surface area (Å²) in [7, 11) is 0. The van der Waals surface area contributed by atoms with Crippen molar-refractivity contribution in [1.29, 1.82) is 0 Å². The van der Waals surface area contributed by atoms with E-state index < -0.39 is 0 Å². The third-order valence-corrected chi connectivity index (χ3v) is 2.53. The SMILES string of the molecule is CC1CCc2cc(N)cnc2C1. The smallest absolute Gasteiger partial charge is 0.0503 e. The van der Waals surface area contributed by atoms with Crippen LogP contribution in [0.25, 0.3) is 0 Å². The highest BCUT2D eigenvalue weighted by atomic mass is 14.7. The summed E-state index contributed by atoms with van der Waals surface area (Å²) in [4.78, 5) is 4.34. The van der Waals surface area contributed by atoms with Crippen LogP contribution in [0.1, 0.15) is 24.6 Å². The molecule has 1 aromatic heterocycles. The zero-order valence-corrected chi connectivity index (χ0v) is 7.38. The summed E-state index contributed by atoms with van der Waals surface area (Å²) in [6, 6.07) is 2.06. The Hall–Kier alpha value is -1.05. The topological polar surface area (TPSA) is 38.9 Å². The molecule has 12 heavy (non-hydrogen) atoms. The lowest BCUT2D eigenvalue weighted by Gasteiger charge is -2.20. The molecule has 0 saturated heterocycles. The standard InChI is InChI=1S/C10H14N2/c1-7-2-3-8-5-9(11)6-12-10(8)4-7/h5-7H,2-4,11H2,1H3. The van der Waals surface area contributed by atoms with Crippen LogP contribution in [0, 0.1) is 5.92 Å². The highest BCUT2D eigenvalue weighted by Crippen LogP contribution is 2.24. The minimum atomic E-state index is 0.786. The van der Waals surface area contributed by atoms with Crippen molar-refractivity contribution in [3.63, 3.8) is 0 Å². The second kappa shape index (κ2) is 2.77. The molecule has 1 heterocycles. The molecular formula is C10H14N2. The van der Waals surface area contributed by atoms with Crippen LogP contribution in [0.15, 0.2) is 12.3 Å². The van der Waals surface area contributed by atoms with Crippen molar-refractivity contribution >= 4 is 5.69 Å². The summed E-state index contributed by atoms with van der Waals surface area (Å²) in [5.41, 5.74) is 9.06. The molecular weight excluding hydrogens is 148 g/mol. The van der Waals surface area contributed by atoms with Crippen molar-refractivity contribution in [2.75, 3.05) is 5.73 Å². The Kier molecular flexibility index (Phi) is 1.75. The fourth-order valence-corrected chi connectivity index (χ4v) is 1.79. The maximum atomic E-state index is 5.65. The van der Waals surface area contributed by atoms with Crippen LogP contribution in [-0.4, -0.2) is 4.98 Å². The first kappa shape index (κ1) is 7.59. The number of nitrogens with two attached hydrogens (primary N) is 1. The van der Waals surface area contributed by atoms with Crippen LogP contribution in [0.3, 0.4) is 0 Å². The number of fused-ring (bicyclic) bond motifs is 1. The molecule has 2 nitrogen and oxygen atoms in total. The van der Waals surface area contributed by atoms with Gasteiger partial charge >= 0.3 is 0 Å². The molecule has 0 spiro atoms. The average molecular weight is 162 g/mol. The zero-order chi connectivity index (χ0) is 8.55. The van der Waals surface area contributed by atoms with Crippen LogP contribution in [-0.2, 0) is 12.8 Å². The molecule has 1 aromatic rings. The fraction of sp³-hybridized carbons (Fsp3) is 0.500. The monoisotopic (exact) mass is 162 g/mol. The molecule has 1 unspecified atom stereocenters. The third kappa shape index (κ3) is 1.29. The number of nitrogen functional groups attached to an aromatic ring is 1.